The summed E-state index contributed by atoms with van der Waals surface area (Å²) in [7, 11) is 0. The first kappa shape index (κ1) is 105. The molecule has 1 fully saturated rings. The van der Waals surface area contributed by atoms with Crippen LogP contribution >= 0.6 is 144 Å². The number of aryl methyl sites for hydroxylation is 4. The van der Waals surface area contributed by atoms with E-state index in [1.807, 2.05) is 90.9 Å². The number of esters is 2. The van der Waals surface area contributed by atoms with Crippen LogP contribution in [0.4, 0.5) is 9.59 Å². The lowest BCUT2D eigenvalue weighted by molar-refractivity contribution is -0.152. The smallest absolute Gasteiger partial charge is 0.407 e. The molecule has 7 N–H and O–H groups in total. The molecule has 1 aliphatic rings. The quantitative estimate of drug-likeness (QED) is 0.0108. The first-order chi connectivity index (χ1) is 54.6. The summed E-state index contributed by atoms with van der Waals surface area (Å²) < 4.78 is 35.3. The number of aliphatic carboxylic acids is 1. The molecule has 8 aromatic rings. The second kappa shape index (κ2) is 53.4. The van der Waals surface area contributed by atoms with E-state index in [4.69, 9.17) is 151 Å². The fourth-order valence-electron chi connectivity index (χ4n) is 8.69. The molecule has 5 heterocycles. The Labute approximate surface area is 737 Å². The van der Waals surface area contributed by atoms with Gasteiger partial charge in [-0.25, -0.2) is 14.3 Å². The van der Waals surface area contributed by atoms with E-state index in [0.717, 1.165) is 48.1 Å². The molecule has 4 aromatic heterocycles. The SMILES string of the molecule is CC(C)(C)OC(=O)NCCCBr.Cc1cccc(-n2[nH]c(=O)c(Cl)c(Cl)c2=O)c1.Cc1cccc(-n2nc(OCCCN)c(Cl)c(Cl)c2=O)c1.Cc1cccc(-n2nc(OCCCNC(=O)CCC(=O)O)c(Cl)c(Cl)c2=O)c1.Cc1cccc(-n2nc(OCCCNC(=O)OC(C)(C)C)c(Cl)c(Cl)c2=O)c1.Cl.ClCCl.O=C1CCC(=O)O1. The molecule has 0 atom stereocenters. The van der Waals surface area contributed by atoms with Crippen LogP contribution in [0.3, 0.4) is 0 Å². The van der Waals surface area contributed by atoms with Crippen LogP contribution in [0.2, 0.25) is 40.2 Å². The topological polar surface area (TPSA) is 400 Å². The van der Waals surface area contributed by atoms with E-state index in [2.05, 4.69) is 57.0 Å². The Balaban J connectivity index is 0.000000490. The monoisotopic (exact) mass is 1910 g/mol. The van der Waals surface area contributed by atoms with Gasteiger partial charge in [-0.2, -0.15) is 14.0 Å². The molecular weight excluding hydrogens is 1830 g/mol. The summed E-state index contributed by atoms with van der Waals surface area (Å²) in [6, 6.07) is 28.8. The van der Waals surface area contributed by atoms with Crippen molar-refractivity contribution in [1.82, 2.24) is 55.1 Å². The number of carbonyl (C=O) groups excluding carboxylic acids is 5. The number of nitrogens with two attached hydrogens (primary N) is 1. The minimum atomic E-state index is -1.03. The average Bonchev–Trinajstić information content (AvgIpc) is 1.25. The molecule has 3 amide bonds. The first-order valence-electron chi connectivity index (χ1n) is 34.9. The molecule has 117 heavy (non-hydrogen) atoms. The third-order valence-corrected chi connectivity index (χ3v) is 17.6. The Bertz CT molecular complexity index is 4950. The average molecular weight is 1920 g/mol. The number of hydrogen-bond donors (Lipinski definition) is 6. The van der Waals surface area contributed by atoms with Crippen LogP contribution in [0.5, 0.6) is 17.6 Å². The van der Waals surface area contributed by atoms with Crippen molar-refractivity contribution in [2.75, 3.05) is 56.7 Å². The molecular formula is C75H88BrCl11N12O18. The number of amides is 3. The second-order valence-corrected chi connectivity index (χ2v) is 30.6. The fourth-order valence-corrected chi connectivity index (χ4v) is 10.3. The predicted octanol–water partition coefficient (Wildman–Crippen LogP) is 15.4. The Morgan fingerprint density at radius 1 is 0.496 bits per heavy atom. The number of ether oxygens (including phenoxy) is 6. The van der Waals surface area contributed by atoms with Gasteiger partial charge in [-0.05, 0) is 172 Å². The van der Waals surface area contributed by atoms with Gasteiger partial charge in [0.05, 0.1) is 67.2 Å². The van der Waals surface area contributed by atoms with Crippen molar-refractivity contribution in [3.8, 4) is 40.4 Å². The summed E-state index contributed by atoms with van der Waals surface area (Å²) in [5, 5.41) is 31.1. The number of alkyl carbamates (subject to hydrolysis) is 2. The standard InChI is InChI=1S/C19H23Cl2N3O4.C18H19Cl2N3O5.C14H15Cl2N3O2.C11H8Cl2N2O2.C8H16BrNO2.C4H4O3.CH2Cl2.ClH/c1-12-7-5-8-13(11-12)24-17(25)15(21)14(20)16(23-24)27-10-6-9-22-18(26)28-19(2,3)4;1-11-4-2-5-12(10-11)23-18(27)16(20)15(19)17(22-23)28-9-3-8-21-13(24)6-7-14(25)26;1-9-4-2-5-10(8-9)19-14(20)12(16)11(15)13(18-19)21-7-3-6-17;1-6-3-2-4-7(5-6)15-11(17)9(13)8(12)10(16)14-15;1-8(2,3)12-7(11)10-6-4-5-9;5-3-1-2-4(6)7-3;2-1-3;/h5,7-8,11H,6,9-10H2,1-4H3,(H,22,26);2,4-5,10H,3,6-9H2,1H3,(H,21,24)(H,25,26);2,4-5,8H,3,6-7,17H2,1H3;2-5H,1H3,(H,14,16);4-6H2,1-3H3,(H,10,11);1-2H2;1H2;1H. The van der Waals surface area contributed by atoms with Crippen molar-refractivity contribution in [2.24, 2.45) is 5.73 Å². The van der Waals surface area contributed by atoms with Gasteiger partial charge in [0.25, 0.3) is 45.4 Å². The summed E-state index contributed by atoms with van der Waals surface area (Å²) in [5.41, 5.74) is 7.80. The lowest BCUT2D eigenvalue weighted by atomic mass is 10.2. The van der Waals surface area contributed by atoms with Gasteiger partial charge in [0.15, 0.2) is 0 Å². The number of nitrogens with one attached hydrogen (secondary N) is 4. The number of cyclic esters (lactones) is 2. The summed E-state index contributed by atoms with van der Waals surface area (Å²) in [4.78, 5) is 125. The van der Waals surface area contributed by atoms with Crippen molar-refractivity contribution in [1.29, 1.82) is 0 Å². The number of nitrogens with zero attached hydrogens (tertiary/aromatic N) is 7. The second-order valence-electron chi connectivity index (χ2n) is 26.0. The molecule has 0 bridgehead atoms. The van der Waals surface area contributed by atoms with Crippen molar-refractivity contribution < 1.29 is 62.3 Å². The Hall–Kier alpha value is -8.15. The molecule has 42 heteroatoms. The number of H-pyrrole nitrogens is 1. The van der Waals surface area contributed by atoms with Gasteiger partial charge in [0.2, 0.25) is 5.91 Å². The lowest BCUT2D eigenvalue weighted by Gasteiger charge is -2.19. The van der Waals surface area contributed by atoms with Gasteiger partial charge in [-0.15, -0.1) is 50.9 Å². The zero-order chi connectivity index (χ0) is 87.2. The van der Waals surface area contributed by atoms with Gasteiger partial charge >= 0.3 is 30.1 Å². The number of rotatable bonds is 24. The molecule has 0 unspecified atom stereocenters. The number of alkyl halides is 3. The minimum Gasteiger partial charge on any atom is -0.481 e. The fraction of sp³-hybridized carbons (Fsp3) is 0.387. The number of hydrogen-bond acceptors (Lipinski definition) is 21. The summed E-state index contributed by atoms with van der Waals surface area (Å²) in [6.45, 7) is 21.0. The zero-order valence-electron chi connectivity index (χ0n) is 64.9. The highest BCUT2D eigenvalue weighted by Gasteiger charge is 2.23. The number of carboxylic acids is 1. The van der Waals surface area contributed by atoms with Gasteiger partial charge in [-0.3, -0.25) is 48.2 Å². The molecule has 4 aromatic carbocycles. The molecule has 0 saturated carbocycles. The molecule has 0 spiro atoms. The van der Waals surface area contributed by atoms with Crippen molar-refractivity contribution in [3.05, 3.63) is 211 Å². The maximum atomic E-state index is 12.4. The van der Waals surface area contributed by atoms with Crippen molar-refractivity contribution in [3.63, 3.8) is 0 Å². The molecule has 0 radical (unpaired) electrons. The minimum absolute atomic E-state index is 0. The zero-order valence-corrected chi connectivity index (χ0v) is 74.9. The largest absolute Gasteiger partial charge is 0.481 e. The third kappa shape index (κ3) is 38.2. The van der Waals surface area contributed by atoms with Crippen LogP contribution in [-0.2, 0) is 33.4 Å². The number of carbonyl (C=O) groups is 6. The van der Waals surface area contributed by atoms with Gasteiger partial charge in [0.1, 0.15) is 51.4 Å². The van der Waals surface area contributed by atoms with E-state index in [1.54, 1.807) is 75.4 Å². The summed E-state index contributed by atoms with van der Waals surface area (Å²) >= 11 is 60.3. The van der Waals surface area contributed by atoms with E-state index >= 15 is 0 Å². The summed E-state index contributed by atoms with van der Waals surface area (Å²) in [6.07, 6.45) is 1.86. The molecule has 640 valence electrons. The number of aromatic amines is 1. The van der Waals surface area contributed by atoms with Gasteiger partial charge in [-0.1, -0.05) is 157 Å². The normalized spacial score (nSPS) is 11.1. The molecule has 9 rings (SSSR count). The Morgan fingerprint density at radius 3 is 1.14 bits per heavy atom. The van der Waals surface area contributed by atoms with Gasteiger partial charge in [0, 0.05) is 31.4 Å². The van der Waals surface area contributed by atoms with E-state index in [1.165, 1.54) is 4.68 Å². The van der Waals surface area contributed by atoms with Gasteiger partial charge < -0.3 is 55.2 Å². The number of aromatic nitrogens is 8. The maximum Gasteiger partial charge on any atom is 0.407 e. The molecule has 1 saturated heterocycles. The highest BCUT2D eigenvalue weighted by Crippen LogP contribution is 2.31. The number of halogens is 12. The van der Waals surface area contributed by atoms with Crippen molar-refractivity contribution in [2.45, 2.75) is 132 Å². The highest BCUT2D eigenvalue weighted by atomic mass is 79.9. The van der Waals surface area contributed by atoms with Crippen LogP contribution in [0.15, 0.2) is 121 Å². The third-order valence-electron chi connectivity index (χ3n) is 13.9. The van der Waals surface area contributed by atoms with Crippen LogP contribution in [0.25, 0.3) is 22.7 Å². The lowest BCUT2D eigenvalue weighted by Crippen LogP contribution is -2.33. The van der Waals surface area contributed by atoms with Crippen molar-refractivity contribution >= 4 is 180 Å². The Morgan fingerprint density at radius 2 is 0.821 bits per heavy atom. The predicted molar refractivity (Wildman–Crippen MR) is 461 cm³/mol. The van der Waals surface area contributed by atoms with Crippen LogP contribution in [0, 0.1) is 27.7 Å². The molecule has 1 aliphatic heterocycles. The first-order valence-corrected chi connectivity index (χ1v) is 40.2. The highest BCUT2D eigenvalue weighted by molar-refractivity contribution is 9.09. The number of carboxylic acid groups (broad SMARTS) is 1. The van der Waals surface area contributed by atoms with Crippen LogP contribution in [0.1, 0.15) is 115 Å². The van der Waals surface area contributed by atoms with E-state index in [9.17, 15) is 52.7 Å². The number of benzene rings is 4. The maximum absolute atomic E-state index is 12.4. The van der Waals surface area contributed by atoms with Crippen LogP contribution < -0.4 is 63.7 Å². The molecule has 0 aliphatic carbocycles. The molecule has 30 nitrogen and oxygen atoms in total. The van der Waals surface area contributed by atoms with Crippen LogP contribution in [-0.4, -0.2) is 148 Å². The summed E-state index contributed by atoms with van der Waals surface area (Å²) in [5.74, 6) is -2.00. The van der Waals surface area contributed by atoms with E-state index < -0.39 is 63.0 Å². The van der Waals surface area contributed by atoms with E-state index in [0.29, 0.717) is 74.8 Å². The van der Waals surface area contributed by atoms with E-state index in [-0.39, 0.29) is 126 Å². The Kier molecular flexibility index (Phi) is 47.9.